The van der Waals surface area contributed by atoms with Crippen LogP contribution in [0.3, 0.4) is 0 Å². The molecular formula is C12H16BrNO3. The van der Waals surface area contributed by atoms with E-state index < -0.39 is 5.97 Å². The second kappa shape index (κ2) is 5.69. The summed E-state index contributed by atoms with van der Waals surface area (Å²) in [7, 11) is 0. The second-order valence-corrected chi connectivity index (χ2v) is 5.26. The van der Waals surface area contributed by atoms with E-state index in [-0.39, 0.29) is 5.92 Å². The maximum absolute atomic E-state index is 10.8. The summed E-state index contributed by atoms with van der Waals surface area (Å²) in [5.41, 5.74) is 0. The SMILES string of the molecule is O=C(O)C1CCC(NCc2ccc(Br)o2)CC1. The Morgan fingerprint density at radius 3 is 2.65 bits per heavy atom. The molecule has 0 atom stereocenters. The fourth-order valence-corrected chi connectivity index (χ4v) is 2.58. The van der Waals surface area contributed by atoms with Gasteiger partial charge in [0, 0.05) is 6.04 Å². The van der Waals surface area contributed by atoms with Gasteiger partial charge < -0.3 is 14.8 Å². The quantitative estimate of drug-likeness (QED) is 0.898. The van der Waals surface area contributed by atoms with Crippen molar-refractivity contribution in [1.82, 2.24) is 5.32 Å². The third-order valence-electron chi connectivity index (χ3n) is 3.27. The average Bonchev–Trinajstić information content (AvgIpc) is 2.73. The fraction of sp³-hybridized carbons (Fsp3) is 0.583. The highest BCUT2D eigenvalue weighted by Crippen LogP contribution is 2.24. The summed E-state index contributed by atoms with van der Waals surface area (Å²) in [5.74, 6) is 0.0986. The van der Waals surface area contributed by atoms with Gasteiger partial charge in [0.15, 0.2) is 4.67 Å². The molecule has 2 rings (SSSR count). The molecule has 0 spiro atoms. The molecule has 0 aliphatic heterocycles. The van der Waals surface area contributed by atoms with Crippen LogP contribution in [0.5, 0.6) is 0 Å². The van der Waals surface area contributed by atoms with Gasteiger partial charge in [-0.25, -0.2) is 0 Å². The summed E-state index contributed by atoms with van der Waals surface area (Å²) in [5, 5.41) is 12.3. The standard InChI is InChI=1S/C12H16BrNO3/c13-11-6-5-10(17-11)7-14-9-3-1-8(2-4-9)12(15)16/h5-6,8-9,14H,1-4,7H2,(H,15,16). The zero-order valence-electron chi connectivity index (χ0n) is 9.49. The zero-order chi connectivity index (χ0) is 12.3. The number of hydrogen-bond acceptors (Lipinski definition) is 3. The van der Waals surface area contributed by atoms with E-state index in [1.54, 1.807) is 0 Å². The van der Waals surface area contributed by atoms with Crippen LogP contribution in [0.2, 0.25) is 0 Å². The molecule has 17 heavy (non-hydrogen) atoms. The molecule has 94 valence electrons. The molecule has 0 radical (unpaired) electrons. The monoisotopic (exact) mass is 301 g/mol. The lowest BCUT2D eigenvalue weighted by Gasteiger charge is -2.26. The number of rotatable bonds is 4. The molecular weight excluding hydrogens is 286 g/mol. The first-order chi connectivity index (χ1) is 8.15. The summed E-state index contributed by atoms with van der Waals surface area (Å²) in [6, 6.07) is 4.22. The molecule has 1 fully saturated rings. The Kier molecular flexibility index (Phi) is 4.23. The minimum atomic E-state index is -0.654. The van der Waals surface area contributed by atoms with Gasteiger partial charge in [0.25, 0.3) is 0 Å². The molecule has 4 nitrogen and oxygen atoms in total. The van der Waals surface area contributed by atoms with Crippen LogP contribution >= 0.6 is 15.9 Å². The topological polar surface area (TPSA) is 62.5 Å². The number of carbonyl (C=O) groups is 1. The third-order valence-corrected chi connectivity index (χ3v) is 3.70. The zero-order valence-corrected chi connectivity index (χ0v) is 11.1. The van der Waals surface area contributed by atoms with Gasteiger partial charge in [-0.1, -0.05) is 0 Å². The van der Waals surface area contributed by atoms with Crippen molar-refractivity contribution in [1.29, 1.82) is 0 Å². The molecule has 0 saturated heterocycles. The van der Waals surface area contributed by atoms with Crippen LogP contribution in [0, 0.1) is 5.92 Å². The number of nitrogens with one attached hydrogen (secondary N) is 1. The highest BCUT2D eigenvalue weighted by Gasteiger charge is 2.25. The minimum Gasteiger partial charge on any atom is -0.481 e. The van der Waals surface area contributed by atoms with E-state index in [1.165, 1.54) is 0 Å². The van der Waals surface area contributed by atoms with Crippen LogP contribution in [0.25, 0.3) is 0 Å². The van der Waals surface area contributed by atoms with Gasteiger partial charge in [-0.2, -0.15) is 0 Å². The number of furan rings is 1. The van der Waals surface area contributed by atoms with E-state index in [9.17, 15) is 4.79 Å². The van der Waals surface area contributed by atoms with Gasteiger partial charge in [0.05, 0.1) is 12.5 Å². The molecule has 1 aliphatic rings. The van der Waals surface area contributed by atoms with Crippen molar-refractivity contribution in [3.05, 3.63) is 22.6 Å². The van der Waals surface area contributed by atoms with Crippen molar-refractivity contribution >= 4 is 21.9 Å². The van der Waals surface area contributed by atoms with Crippen molar-refractivity contribution in [2.45, 2.75) is 38.3 Å². The Labute approximate surface area is 109 Å². The molecule has 5 heteroatoms. The van der Waals surface area contributed by atoms with Crippen molar-refractivity contribution in [2.24, 2.45) is 5.92 Å². The van der Waals surface area contributed by atoms with Gasteiger partial charge in [-0.15, -0.1) is 0 Å². The van der Waals surface area contributed by atoms with Crippen molar-refractivity contribution in [3.8, 4) is 0 Å². The van der Waals surface area contributed by atoms with E-state index >= 15 is 0 Å². The Hall–Kier alpha value is -0.810. The number of aliphatic carboxylic acids is 1. The molecule has 1 aromatic heterocycles. The number of carboxylic acids is 1. The Bertz CT molecular complexity index is 383. The third kappa shape index (κ3) is 3.57. The van der Waals surface area contributed by atoms with E-state index in [4.69, 9.17) is 9.52 Å². The van der Waals surface area contributed by atoms with Crippen LogP contribution in [-0.4, -0.2) is 17.1 Å². The lowest BCUT2D eigenvalue weighted by atomic mass is 9.86. The van der Waals surface area contributed by atoms with Crippen molar-refractivity contribution < 1.29 is 14.3 Å². The minimum absolute atomic E-state index is 0.147. The first-order valence-corrected chi connectivity index (χ1v) is 6.65. The maximum atomic E-state index is 10.8. The molecule has 0 aromatic carbocycles. The van der Waals surface area contributed by atoms with Crippen molar-refractivity contribution in [3.63, 3.8) is 0 Å². The lowest BCUT2D eigenvalue weighted by Crippen LogP contribution is -2.34. The molecule has 1 heterocycles. The Balaban J connectivity index is 1.73. The highest BCUT2D eigenvalue weighted by molar-refractivity contribution is 9.10. The molecule has 0 bridgehead atoms. The normalized spacial score (nSPS) is 24.8. The van der Waals surface area contributed by atoms with Crippen LogP contribution in [0.4, 0.5) is 0 Å². The fourth-order valence-electron chi connectivity index (χ4n) is 2.24. The molecule has 2 N–H and O–H groups in total. The first kappa shape index (κ1) is 12.6. The molecule has 1 aromatic rings. The van der Waals surface area contributed by atoms with Gasteiger partial charge in [0.2, 0.25) is 0 Å². The predicted octanol–water partition coefficient (Wildman–Crippen LogP) is 2.78. The van der Waals surface area contributed by atoms with Crippen LogP contribution in [0.15, 0.2) is 21.2 Å². The lowest BCUT2D eigenvalue weighted by molar-refractivity contribution is -0.142. The number of carboxylic acid groups (broad SMARTS) is 1. The summed E-state index contributed by atoms with van der Waals surface area (Å²) in [6.07, 6.45) is 3.40. The average molecular weight is 302 g/mol. The van der Waals surface area contributed by atoms with Crippen LogP contribution in [0.1, 0.15) is 31.4 Å². The van der Waals surface area contributed by atoms with Gasteiger partial charge >= 0.3 is 5.97 Å². The number of hydrogen-bond donors (Lipinski definition) is 2. The van der Waals surface area contributed by atoms with Crippen molar-refractivity contribution in [2.75, 3.05) is 0 Å². The second-order valence-electron chi connectivity index (χ2n) is 4.47. The smallest absolute Gasteiger partial charge is 0.306 e. The van der Waals surface area contributed by atoms with E-state index in [0.29, 0.717) is 12.6 Å². The predicted molar refractivity (Wildman–Crippen MR) is 66.6 cm³/mol. The van der Waals surface area contributed by atoms with E-state index in [2.05, 4.69) is 21.2 Å². The van der Waals surface area contributed by atoms with E-state index in [0.717, 1.165) is 36.1 Å². The molecule has 0 unspecified atom stereocenters. The van der Waals surface area contributed by atoms with Gasteiger partial charge in [0.1, 0.15) is 5.76 Å². The molecule has 1 aliphatic carbocycles. The molecule has 0 amide bonds. The molecule has 1 saturated carbocycles. The van der Waals surface area contributed by atoms with Gasteiger partial charge in [-0.3, -0.25) is 4.79 Å². The van der Waals surface area contributed by atoms with Crippen LogP contribution in [-0.2, 0) is 11.3 Å². The van der Waals surface area contributed by atoms with E-state index in [1.807, 2.05) is 12.1 Å². The van der Waals surface area contributed by atoms with Crippen LogP contribution < -0.4 is 5.32 Å². The number of halogens is 1. The Morgan fingerprint density at radius 1 is 1.41 bits per heavy atom. The first-order valence-electron chi connectivity index (χ1n) is 5.85. The largest absolute Gasteiger partial charge is 0.481 e. The summed E-state index contributed by atoms with van der Waals surface area (Å²) >= 11 is 3.26. The highest BCUT2D eigenvalue weighted by atomic mass is 79.9. The summed E-state index contributed by atoms with van der Waals surface area (Å²) < 4.78 is 6.13. The maximum Gasteiger partial charge on any atom is 0.306 e. The summed E-state index contributed by atoms with van der Waals surface area (Å²) in [4.78, 5) is 10.8. The summed E-state index contributed by atoms with van der Waals surface area (Å²) in [6.45, 7) is 0.702. The van der Waals surface area contributed by atoms with Gasteiger partial charge in [-0.05, 0) is 53.7 Å². The Morgan fingerprint density at radius 2 is 2.12 bits per heavy atom.